The first kappa shape index (κ1) is 19.5. The number of hydrogen-bond donors (Lipinski definition) is 1. The minimum Gasteiger partial charge on any atom is -0.489 e. The first-order valence-electron chi connectivity index (χ1n) is 9.23. The maximum atomic E-state index is 12.1. The molecule has 1 N–H and O–H groups in total. The lowest BCUT2D eigenvalue weighted by Crippen LogP contribution is -1.96. The van der Waals surface area contributed by atoms with Gasteiger partial charge in [0, 0.05) is 11.1 Å². The normalized spacial score (nSPS) is 14.6. The van der Waals surface area contributed by atoms with E-state index in [0.29, 0.717) is 22.3 Å². The Bertz CT molecular complexity index is 1330. The Hall–Kier alpha value is -4.81. The van der Waals surface area contributed by atoms with Crippen LogP contribution in [0.25, 0.3) is 27.6 Å². The smallest absolute Gasteiger partial charge is 0.355 e. The number of esters is 1. The van der Waals surface area contributed by atoms with E-state index in [1.807, 2.05) is 42.5 Å². The summed E-state index contributed by atoms with van der Waals surface area (Å²) < 4.78 is 10.7. The molecule has 0 saturated heterocycles. The number of allylic oxidation sites excluding steroid dienone is 3. The third kappa shape index (κ3) is 3.62. The van der Waals surface area contributed by atoms with Crippen LogP contribution in [0, 0.1) is 17.9 Å². The summed E-state index contributed by atoms with van der Waals surface area (Å²) in [7, 11) is 0. The second kappa shape index (κ2) is 8.28. The zero-order chi connectivity index (χ0) is 21.8. The van der Waals surface area contributed by atoms with Gasteiger partial charge in [-0.3, -0.25) is 0 Å². The van der Waals surface area contributed by atoms with Gasteiger partial charge in [-0.25, -0.2) is 9.64 Å². The monoisotopic (exact) mass is 406 g/mol. The van der Waals surface area contributed by atoms with E-state index in [1.165, 1.54) is 6.08 Å². The van der Waals surface area contributed by atoms with Crippen LogP contribution in [0.2, 0.25) is 0 Å². The number of benzene rings is 2. The number of aromatic hydroxyl groups is 1. The zero-order valence-electron chi connectivity index (χ0n) is 16.1. The third-order valence-electron chi connectivity index (χ3n) is 4.64. The summed E-state index contributed by atoms with van der Waals surface area (Å²) in [6.45, 7) is 7.36. The van der Waals surface area contributed by atoms with Crippen LogP contribution >= 0.6 is 0 Å². The van der Waals surface area contributed by atoms with Crippen LogP contribution in [0.3, 0.4) is 0 Å². The summed E-state index contributed by atoms with van der Waals surface area (Å²) in [4.78, 5) is 15.5. The molecule has 2 heterocycles. The van der Waals surface area contributed by atoms with Crippen molar-refractivity contribution in [3.05, 3.63) is 107 Å². The molecule has 0 aliphatic carbocycles. The number of cyclic esters (lactones) is 1. The predicted octanol–water partition coefficient (Wildman–Crippen LogP) is 5.63. The Morgan fingerprint density at radius 3 is 2.29 bits per heavy atom. The van der Waals surface area contributed by atoms with Gasteiger partial charge in [-0.15, -0.1) is 0 Å². The molecule has 0 unspecified atom stereocenters. The molecule has 1 aromatic heterocycles. The fourth-order valence-corrected chi connectivity index (χ4v) is 3.29. The van der Waals surface area contributed by atoms with Crippen molar-refractivity contribution in [1.29, 1.82) is 5.26 Å². The van der Waals surface area contributed by atoms with Gasteiger partial charge in [-0.05, 0) is 23.3 Å². The molecule has 0 atom stereocenters. The van der Waals surface area contributed by atoms with E-state index in [0.717, 1.165) is 0 Å². The average Bonchev–Trinajstić information content (AvgIpc) is 3.30. The predicted molar refractivity (Wildman–Crippen MR) is 114 cm³/mol. The van der Waals surface area contributed by atoms with E-state index in [4.69, 9.17) is 15.7 Å². The third-order valence-corrected chi connectivity index (χ3v) is 4.64. The number of rotatable bonds is 4. The SMILES string of the molecule is [C-]#[N+]c1c(O)oc(/C=C/C=C2\OC(=O)C(C#N)=C2c2ccccc2)c1-c1ccccc1. The molecule has 0 fully saturated rings. The molecule has 0 saturated carbocycles. The lowest BCUT2D eigenvalue weighted by atomic mass is 10.00. The van der Waals surface area contributed by atoms with Crippen LogP contribution in [0.15, 0.2) is 88.6 Å². The first-order valence-corrected chi connectivity index (χ1v) is 9.23. The summed E-state index contributed by atoms with van der Waals surface area (Å²) in [5, 5.41) is 19.4. The molecule has 6 heteroatoms. The second-order valence-electron chi connectivity index (χ2n) is 6.48. The standard InChI is InChI=1S/C25H14N2O4/c1-27-23-22(17-11-6-3-7-12-17)20(31-25(23)29)14-8-13-19-21(16-9-4-2-5-10-16)18(15-26)24(28)30-19/h2-14,29H/b14-8+,19-13-. The average molecular weight is 406 g/mol. The van der Waals surface area contributed by atoms with Gasteiger partial charge >= 0.3 is 5.97 Å². The molecular weight excluding hydrogens is 392 g/mol. The zero-order valence-corrected chi connectivity index (χ0v) is 16.1. The molecule has 6 nitrogen and oxygen atoms in total. The van der Waals surface area contributed by atoms with Gasteiger partial charge in [-0.1, -0.05) is 66.7 Å². The van der Waals surface area contributed by atoms with Crippen molar-refractivity contribution >= 4 is 23.3 Å². The largest absolute Gasteiger partial charge is 0.489 e. The Balaban J connectivity index is 1.75. The number of nitriles is 1. The van der Waals surface area contributed by atoms with Crippen LogP contribution in [-0.2, 0) is 9.53 Å². The van der Waals surface area contributed by atoms with Gasteiger partial charge < -0.3 is 14.3 Å². The highest BCUT2D eigenvalue weighted by atomic mass is 16.5. The lowest BCUT2D eigenvalue weighted by molar-refractivity contribution is -0.132. The minimum atomic E-state index is -0.711. The number of furan rings is 1. The Morgan fingerprint density at radius 2 is 1.68 bits per heavy atom. The molecule has 0 radical (unpaired) electrons. The van der Waals surface area contributed by atoms with Crippen molar-refractivity contribution in [1.82, 2.24) is 0 Å². The molecule has 3 aromatic rings. The van der Waals surface area contributed by atoms with Crippen molar-refractivity contribution in [3.63, 3.8) is 0 Å². The number of nitrogens with zero attached hydrogens (tertiary/aromatic N) is 2. The lowest BCUT2D eigenvalue weighted by Gasteiger charge is -2.03. The molecule has 0 amide bonds. The summed E-state index contributed by atoms with van der Waals surface area (Å²) in [5.74, 6) is -0.671. The summed E-state index contributed by atoms with van der Waals surface area (Å²) in [6, 6.07) is 20.0. The fraction of sp³-hybridized carbons (Fsp3) is 0. The van der Waals surface area contributed by atoms with E-state index in [1.54, 1.807) is 36.4 Å². The van der Waals surface area contributed by atoms with Crippen molar-refractivity contribution in [2.75, 3.05) is 0 Å². The number of carbonyl (C=O) groups is 1. The Morgan fingerprint density at radius 1 is 1.03 bits per heavy atom. The van der Waals surface area contributed by atoms with E-state index in [-0.39, 0.29) is 22.8 Å². The highest BCUT2D eigenvalue weighted by Gasteiger charge is 2.30. The summed E-state index contributed by atoms with van der Waals surface area (Å²) in [6.07, 6.45) is 4.67. The van der Waals surface area contributed by atoms with E-state index in [9.17, 15) is 15.2 Å². The van der Waals surface area contributed by atoms with Crippen molar-refractivity contribution < 1.29 is 19.1 Å². The highest BCUT2D eigenvalue weighted by Crippen LogP contribution is 2.44. The van der Waals surface area contributed by atoms with Crippen LogP contribution in [0.4, 0.5) is 5.69 Å². The quantitative estimate of drug-likeness (QED) is 0.448. The Labute approximate surface area is 178 Å². The highest BCUT2D eigenvalue weighted by molar-refractivity contribution is 6.10. The van der Waals surface area contributed by atoms with E-state index < -0.39 is 11.9 Å². The van der Waals surface area contributed by atoms with Gasteiger partial charge in [0.2, 0.25) is 0 Å². The number of carbonyl (C=O) groups excluding carboxylic acids is 1. The van der Waals surface area contributed by atoms with Gasteiger partial charge in [0.1, 0.15) is 23.2 Å². The van der Waals surface area contributed by atoms with Crippen molar-refractivity contribution in [2.45, 2.75) is 0 Å². The molecule has 0 bridgehead atoms. The summed E-state index contributed by atoms with van der Waals surface area (Å²) >= 11 is 0. The van der Waals surface area contributed by atoms with Gasteiger partial charge in [-0.2, -0.15) is 5.26 Å². The fourth-order valence-electron chi connectivity index (χ4n) is 3.29. The number of ether oxygens (including phenoxy) is 1. The van der Waals surface area contributed by atoms with Gasteiger partial charge in [0.25, 0.3) is 11.6 Å². The Kier molecular flexibility index (Phi) is 5.21. The molecule has 2 aromatic carbocycles. The van der Waals surface area contributed by atoms with Crippen LogP contribution in [0.1, 0.15) is 11.3 Å². The topological polar surface area (TPSA) is 87.8 Å². The van der Waals surface area contributed by atoms with Gasteiger partial charge in [0.15, 0.2) is 0 Å². The molecule has 1 aliphatic rings. The van der Waals surface area contributed by atoms with Crippen molar-refractivity contribution in [2.24, 2.45) is 0 Å². The molecule has 31 heavy (non-hydrogen) atoms. The van der Waals surface area contributed by atoms with Crippen LogP contribution in [0.5, 0.6) is 5.95 Å². The minimum absolute atomic E-state index is 0.0161. The number of hydrogen-bond acceptors (Lipinski definition) is 5. The van der Waals surface area contributed by atoms with Gasteiger partial charge in [0.05, 0.1) is 6.57 Å². The van der Waals surface area contributed by atoms with Crippen molar-refractivity contribution in [3.8, 4) is 23.1 Å². The molecule has 4 rings (SSSR count). The maximum absolute atomic E-state index is 12.1. The van der Waals surface area contributed by atoms with E-state index in [2.05, 4.69) is 4.85 Å². The van der Waals surface area contributed by atoms with Crippen LogP contribution in [-0.4, -0.2) is 11.1 Å². The van der Waals surface area contributed by atoms with Crippen LogP contribution < -0.4 is 0 Å². The molecule has 1 aliphatic heterocycles. The molecular formula is C25H14N2O4. The van der Waals surface area contributed by atoms with E-state index >= 15 is 0 Å². The molecule has 0 spiro atoms. The second-order valence-corrected chi connectivity index (χ2v) is 6.48. The molecule has 148 valence electrons. The summed E-state index contributed by atoms with van der Waals surface area (Å²) in [5.41, 5.74) is 2.21. The first-order chi connectivity index (χ1) is 15.1. The maximum Gasteiger partial charge on any atom is 0.355 e.